The molecule has 0 fully saturated rings. The molecule has 0 spiro atoms. The van der Waals surface area contributed by atoms with Gasteiger partial charge in [-0.15, -0.1) is 0 Å². The van der Waals surface area contributed by atoms with Gasteiger partial charge in [0.1, 0.15) is 30.4 Å². The number of ether oxygens (including phenoxy) is 1. The van der Waals surface area contributed by atoms with Crippen LogP contribution < -0.4 is 4.74 Å². The van der Waals surface area contributed by atoms with Crippen LogP contribution >= 0.6 is 0 Å². The molecule has 7 nitrogen and oxygen atoms in total. The summed E-state index contributed by atoms with van der Waals surface area (Å²) in [6.07, 6.45) is 5.76. The number of carbonyl (C=O) groups is 1. The molecule has 40 heavy (non-hydrogen) atoms. The van der Waals surface area contributed by atoms with E-state index in [4.69, 9.17) is 19.1 Å². The smallest absolute Gasteiger partial charge is 0.303 e. The molecule has 0 saturated carbocycles. The fraction of sp³-hybridized carbons (Fsp3) is 0.303. The van der Waals surface area contributed by atoms with Crippen LogP contribution in [0.4, 0.5) is 0 Å². The molecule has 4 rings (SSSR count). The number of hydrogen-bond donors (Lipinski definition) is 1. The molecule has 1 N–H and O–H groups in total. The first kappa shape index (κ1) is 28.6. The first-order valence-corrected chi connectivity index (χ1v) is 13.8. The minimum absolute atomic E-state index is 0.245. The van der Waals surface area contributed by atoms with E-state index >= 15 is 0 Å². The van der Waals surface area contributed by atoms with Crippen molar-refractivity contribution in [1.82, 2.24) is 4.98 Å². The summed E-state index contributed by atoms with van der Waals surface area (Å²) in [5, 5.41) is 13.2. The monoisotopic (exact) mass is 540 g/mol. The van der Waals surface area contributed by atoms with Crippen molar-refractivity contribution in [1.29, 1.82) is 0 Å². The molecular weight excluding hydrogens is 504 g/mol. The van der Waals surface area contributed by atoms with Gasteiger partial charge >= 0.3 is 5.97 Å². The number of rotatable bonds is 16. The first-order valence-electron chi connectivity index (χ1n) is 13.8. The summed E-state index contributed by atoms with van der Waals surface area (Å²) in [5.41, 5.74) is 4.67. The molecular formula is C33H36N2O5. The molecule has 0 bridgehead atoms. The minimum Gasteiger partial charge on any atom is -0.487 e. The number of carboxylic acid groups (broad SMARTS) is 1. The van der Waals surface area contributed by atoms with Crippen LogP contribution in [-0.2, 0) is 22.8 Å². The Labute approximate surface area is 235 Å². The number of aryl methyl sites for hydroxylation is 1. The maximum Gasteiger partial charge on any atom is 0.303 e. The van der Waals surface area contributed by atoms with E-state index in [1.54, 1.807) is 0 Å². The fourth-order valence-electron chi connectivity index (χ4n) is 4.26. The highest BCUT2D eigenvalue weighted by Crippen LogP contribution is 2.23. The van der Waals surface area contributed by atoms with Crippen molar-refractivity contribution in [2.45, 2.75) is 65.1 Å². The third-order valence-electron chi connectivity index (χ3n) is 6.53. The Morgan fingerprint density at radius 1 is 0.825 bits per heavy atom. The number of oxime groups is 1. The molecule has 0 unspecified atom stereocenters. The van der Waals surface area contributed by atoms with Crippen molar-refractivity contribution in [3.8, 4) is 17.2 Å². The standard InChI is InChI=1S/C33H36N2O5/c1-25-31(34-33(40-25)28-15-9-6-10-16-28)24-38-29-21-19-26(20-22-29)23-39-35-30(27-13-7-5-8-14-27)17-11-3-2-4-12-18-32(36)37/h5-10,13-16,19-22H,2-4,11-12,17-18,23-24H2,1H3,(H,36,37)/b35-30-. The number of aromatic nitrogens is 1. The molecule has 4 aromatic rings. The van der Waals surface area contributed by atoms with Crippen LogP contribution in [0, 0.1) is 6.92 Å². The largest absolute Gasteiger partial charge is 0.487 e. The van der Waals surface area contributed by atoms with Gasteiger partial charge in [-0.2, -0.15) is 0 Å². The van der Waals surface area contributed by atoms with Crippen LogP contribution in [0.2, 0.25) is 0 Å². The Bertz CT molecular complexity index is 1350. The summed E-state index contributed by atoms with van der Waals surface area (Å²) in [7, 11) is 0. The number of oxazole rings is 1. The highest BCUT2D eigenvalue weighted by atomic mass is 16.6. The topological polar surface area (TPSA) is 94.2 Å². The van der Waals surface area contributed by atoms with Gasteiger partial charge in [0.15, 0.2) is 0 Å². The van der Waals surface area contributed by atoms with E-state index in [1.807, 2.05) is 91.9 Å². The Morgan fingerprint density at radius 3 is 2.17 bits per heavy atom. The lowest BCUT2D eigenvalue weighted by Crippen LogP contribution is -2.03. The lowest BCUT2D eigenvalue weighted by Gasteiger charge is -2.08. The van der Waals surface area contributed by atoms with Gasteiger partial charge in [0, 0.05) is 12.0 Å². The number of nitrogens with zero attached hydrogens (tertiary/aromatic N) is 2. The molecule has 7 heteroatoms. The zero-order valence-corrected chi connectivity index (χ0v) is 22.9. The van der Waals surface area contributed by atoms with Gasteiger partial charge in [0.25, 0.3) is 0 Å². The van der Waals surface area contributed by atoms with Crippen LogP contribution in [0.5, 0.6) is 5.75 Å². The van der Waals surface area contributed by atoms with Gasteiger partial charge in [0.2, 0.25) is 5.89 Å². The van der Waals surface area contributed by atoms with E-state index < -0.39 is 5.97 Å². The third kappa shape index (κ3) is 9.12. The lowest BCUT2D eigenvalue weighted by molar-refractivity contribution is -0.137. The third-order valence-corrected chi connectivity index (χ3v) is 6.53. The first-order chi connectivity index (χ1) is 19.6. The molecule has 0 amide bonds. The summed E-state index contributed by atoms with van der Waals surface area (Å²) in [5.74, 6) is 1.35. The van der Waals surface area contributed by atoms with Gasteiger partial charge in [-0.25, -0.2) is 4.98 Å². The summed E-state index contributed by atoms with van der Waals surface area (Å²) in [4.78, 5) is 21.0. The van der Waals surface area contributed by atoms with Gasteiger partial charge in [-0.1, -0.05) is 85.1 Å². The Kier molecular flexibility index (Phi) is 10.9. The maximum absolute atomic E-state index is 10.6. The molecule has 1 heterocycles. The number of carboxylic acids is 1. The van der Waals surface area contributed by atoms with Crippen molar-refractivity contribution in [3.05, 3.63) is 108 Å². The summed E-state index contributed by atoms with van der Waals surface area (Å²) >= 11 is 0. The number of benzene rings is 3. The van der Waals surface area contributed by atoms with Gasteiger partial charge < -0.3 is 19.1 Å². The highest BCUT2D eigenvalue weighted by molar-refractivity contribution is 6.00. The minimum atomic E-state index is -0.725. The second-order valence-electron chi connectivity index (χ2n) is 9.66. The van der Waals surface area contributed by atoms with Gasteiger partial charge in [-0.3, -0.25) is 4.79 Å². The van der Waals surface area contributed by atoms with E-state index in [2.05, 4.69) is 10.1 Å². The van der Waals surface area contributed by atoms with Crippen molar-refractivity contribution < 1.29 is 23.9 Å². The molecule has 0 saturated heterocycles. The zero-order chi connectivity index (χ0) is 28.0. The van der Waals surface area contributed by atoms with E-state index in [-0.39, 0.29) is 6.42 Å². The van der Waals surface area contributed by atoms with Crippen molar-refractivity contribution in [3.63, 3.8) is 0 Å². The number of aliphatic carboxylic acids is 1. The molecule has 0 radical (unpaired) electrons. The average molecular weight is 541 g/mol. The summed E-state index contributed by atoms with van der Waals surface area (Å²) in [6, 6.07) is 27.7. The average Bonchev–Trinajstić information content (AvgIpc) is 3.36. The van der Waals surface area contributed by atoms with Crippen LogP contribution in [0.15, 0.2) is 94.5 Å². The van der Waals surface area contributed by atoms with E-state index in [0.29, 0.717) is 19.1 Å². The predicted molar refractivity (Wildman–Crippen MR) is 155 cm³/mol. The van der Waals surface area contributed by atoms with Crippen molar-refractivity contribution >= 4 is 11.7 Å². The van der Waals surface area contributed by atoms with Crippen LogP contribution in [-0.4, -0.2) is 21.8 Å². The lowest BCUT2D eigenvalue weighted by atomic mass is 10.0. The molecule has 0 aliphatic carbocycles. The molecule has 208 valence electrons. The van der Waals surface area contributed by atoms with Crippen LogP contribution in [0.25, 0.3) is 11.5 Å². The quantitative estimate of drug-likeness (QED) is 0.0880. The van der Waals surface area contributed by atoms with E-state index in [9.17, 15) is 4.79 Å². The van der Waals surface area contributed by atoms with Crippen LogP contribution in [0.1, 0.15) is 67.5 Å². The molecule has 0 aliphatic heterocycles. The normalized spacial score (nSPS) is 11.4. The summed E-state index contributed by atoms with van der Waals surface area (Å²) < 4.78 is 11.8. The van der Waals surface area contributed by atoms with Gasteiger partial charge in [-0.05, 0) is 61.6 Å². The number of unbranched alkanes of at least 4 members (excludes halogenated alkanes) is 4. The highest BCUT2D eigenvalue weighted by Gasteiger charge is 2.12. The predicted octanol–water partition coefficient (Wildman–Crippen LogP) is 7.97. The molecule has 0 aliphatic rings. The Morgan fingerprint density at radius 2 is 1.48 bits per heavy atom. The van der Waals surface area contributed by atoms with E-state index in [0.717, 1.165) is 78.1 Å². The Hall–Kier alpha value is -4.39. The second kappa shape index (κ2) is 15.3. The SMILES string of the molecule is Cc1oc(-c2ccccc2)nc1COc1ccc(CO/N=C(/CCCCCCCC(=O)O)c2ccccc2)cc1. The van der Waals surface area contributed by atoms with Crippen molar-refractivity contribution in [2.24, 2.45) is 5.16 Å². The van der Waals surface area contributed by atoms with Crippen molar-refractivity contribution in [2.75, 3.05) is 0 Å². The summed E-state index contributed by atoms with van der Waals surface area (Å²) in [6.45, 7) is 2.57. The molecule has 0 atom stereocenters. The fourth-order valence-corrected chi connectivity index (χ4v) is 4.26. The van der Waals surface area contributed by atoms with E-state index in [1.165, 1.54) is 0 Å². The molecule has 1 aromatic heterocycles. The Balaban J connectivity index is 1.25. The molecule has 3 aromatic carbocycles. The second-order valence-corrected chi connectivity index (χ2v) is 9.66. The maximum atomic E-state index is 10.6. The van der Waals surface area contributed by atoms with Crippen LogP contribution in [0.3, 0.4) is 0 Å². The zero-order valence-electron chi connectivity index (χ0n) is 22.9. The number of hydrogen-bond acceptors (Lipinski definition) is 6. The van der Waals surface area contributed by atoms with Gasteiger partial charge in [0.05, 0.1) is 5.71 Å².